The van der Waals surface area contributed by atoms with Crippen LogP contribution in [-0.2, 0) is 9.53 Å². The molecule has 0 aromatic heterocycles. The number of nitrogens with one attached hydrogen (secondary N) is 1. The van der Waals surface area contributed by atoms with Crippen LogP contribution in [0.1, 0.15) is 47.0 Å². The molecular weight excluding hydrogens is 252 g/mol. The highest BCUT2D eigenvalue weighted by Crippen LogP contribution is 2.26. The standard InChI is InChI=1S/C16H30N2O2/c1-5-12(4)14-16(19)18(15(17-14)11(2)3)9-13-7-6-8-20-10-13/h11-15,17H,5-10H2,1-4H3. The molecule has 4 unspecified atom stereocenters. The van der Waals surface area contributed by atoms with Crippen molar-refractivity contribution < 1.29 is 9.53 Å². The van der Waals surface area contributed by atoms with E-state index in [0.29, 0.717) is 23.7 Å². The van der Waals surface area contributed by atoms with E-state index in [1.165, 1.54) is 6.42 Å². The van der Waals surface area contributed by atoms with Crippen molar-refractivity contribution in [3.8, 4) is 0 Å². The molecule has 4 atom stereocenters. The van der Waals surface area contributed by atoms with E-state index >= 15 is 0 Å². The minimum absolute atomic E-state index is 0.00286. The van der Waals surface area contributed by atoms with Gasteiger partial charge < -0.3 is 9.64 Å². The number of nitrogens with zero attached hydrogens (tertiary/aromatic N) is 1. The summed E-state index contributed by atoms with van der Waals surface area (Å²) >= 11 is 0. The Morgan fingerprint density at radius 2 is 2.15 bits per heavy atom. The van der Waals surface area contributed by atoms with Gasteiger partial charge >= 0.3 is 0 Å². The Balaban J connectivity index is 2.04. The molecule has 2 fully saturated rings. The zero-order chi connectivity index (χ0) is 14.7. The maximum Gasteiger partial charge on any atom is 0.241 e. The molecule has 0 radical (unpaired) electrons. The molecule has 2 aliphatic rings. The van der Waals surface area contributed by atoms with Crippen molar-refractivity contribution in [2.24, 2.45) is 17.8 Å². The van der Waals surface area contributed by atoms with Crippen LogP contribution in [0.3, 0.4) is 0 Å². The lowest BCUT2D eigenvalue weighted by Crippen LogP contribution is -2.44. The van der Waals surface area contributed by atoms with Gasteiger partial charge in [-0.05, 0) is 24.7 Å². The summed E-state index contributed by atoms with van der Waals surface area (Å²) in [5, 5.41) is 3.57. The highest BCUT2D eigenvalue weighted by molar-refractivity contribution is 5.84. The third kappa shape index (κ3) is 3.34. The third-order valence-corrected chi connectivity index (χ3v) is 4.79. The molecule has 0 aromatic carbocycles. The molecule has 0 aromatic rings. The van der Waals surface area contributed by atoms with Gasteiger partial charge in [-0.3, -0.25) is 10.1 Å². The Labute approximate surface area is 123 Å². The fourth-order valence-corrected chi connectivity index (χ4v) is 3.29. The first-order valence-electron chi connectivity index (χ1n) is 8.18. The van der Waals surface area contributed by atoms with Crippen molar-refractivity contribution in [3.63, 3.8) is 0 Å². The average Bonchev–Trinajstić information content (AvgIpc) is 2.77. The van der Waals surface area contributed by atoms with Crippen LogP contribution in [0.4, 0.5) is 0 Å². The van der Waals surface area contributed by atoms with Crippen LogP contribution < -0.4 is 5.32 Å². The Hall–Kier alpha value is -0.610. The van der Waals surface area contributed by atoms with Gasteiger partial charge in [-0.25, -0.2) is 0 Å². The molecule has 1 N–H and O–H groups in total. The highest BCUT2D eigenvalue weighted by atomic mass is 16.5. The largest absolute Gasteiger partial charge is 0.381 e. The quantitative estimate of drug-likeness (QED) is 0.841. The number of hydrogen-bond acceptors (Lipinski definition) is 3. The summed E-state index contributed by atoms with van der Waals surface area (Å²) in [5.74, 6) is 1.64. The second kappa shape index (κ2) is 6.90. The Bertz CT molecular complexity index is 326. The van der Waals surface area contributed by atoms with Crippen molar-refractivity contribution in [2.45, 2.75) is 59.2 Å². The van der Waals surface area contributed by atoms with Crippen LogP contribution in [0.15, 0.2) is 0 Å². The summed E-state index contributed by atoms with van der Waals surface area (Å²) in [6, 6.07) is -0.00286. The number of carbonyl (C=O) groups excluding carboxylic acids is 1. The lowest BCUT2D eigenvalue weighted by Gasteiger charge is -2.32. The summed E-state index contributed by atoms with van der Waals surface area (Å²) < 4.78 is 5.56. The van der Waals surface area contributed by atoms with Crippen LogP contribution in [0.2, 0.25) is 0 Å². The molecule has 20 heavy (non-hydrogen) atoms. The number of ether oxygens (including phenoxy) is 1. The van der Waals surface area contributed by atoms with Crippen LogP contribution in [-0.4, -0.2) is 42.8 Å². The summed E-state index contributed by atoms with van der Waals surface area (Å²) in [6.07, 6.45) is 3.53. The van der Waals surface area contributed by atoms with E-state index in [0.717, 1.165) is 32.6 Å². The van der Waals surface area contributed by atoms with Gasteiger partial charge in [0.1, 0.15) is 0 Å². The molecule has 4 nitrogen and oxygen atoms in total. The molecule has 2 aliphatic heterocycles. The molecule has 2 saturated heterocycles. The molecule has 1 amide bonds. The summed E-state index contributed by atoms with van der Waals surface area (Å²) in [5.41, 5.74) is 0. The smallest absolute Gasteiger partial charge is 0.241 e. The Morgan fingerprint density at radius 1 is 1.40 bits per heavy atom. The normalized spacial score (nSPS) is 33.0. The highest BCUT2D eigenvalue weighted by Gasteiger charge is 2.42. The molecule has 2 rings (SSSR count). The fraction of sp³-hybridized carbons (Fsp3) is 0.938. The topological polar surface area (TPSA) is 41.6 Å². The van der Waals surface area contributed by atoms with Gasteiger partial charge in [0.05, 0.1) is 18.8 Å². The first-order valence-corrected chi connectivity index (χ1v) is 8.18. The Kier molecular flexibility index (Phi) is 5.44. The second-order valence-corrected chi connectivity index (χ2v) is 6.79. The second-order valence-electron chi connectivity index (χ2n) is 6.79. The van der Waals surface area contributed by atoms with E-state index in [1.807, 2.05) is 0 Å². The number of amides is 1. The van der Waals surface area contributed by atoms with Gasteiger partial charge in [-0.2, -0.15) is 0 Å². The zero-order valence-corrected chi connectivity index (χ0v) is 13.4. The fourth-order valence-electron chi connectivity index (χ4n) is 3.29. The summed E-state index contributed by atoms with van der Waals surface area (Å²) in [4.78, 5) is 14.8. The average molecular weight is 282 g/mol. The molecule has 116 valence electrons. The van der Waals surface area contributed by atoms with E-state index in [4.69, 9.17) is 4.74 Å². The monoisotopic (exact) mass is 282 g/mol. The molecule has 0 aliphatic carbocycles. The Morgan fingerprint density at radius 3 is 2.70 bits per heavy atom. The molecule has 0 saturated carbocycles. The summed E-state index contributed by atoms with van der Waals surface area (Å²) in [6.45, 7) is 11.2. The molecule has 0 spiro atoms. The summed E-state index contributed by atoms with van der Waals surface area (Å²) in [7, 11) is 0. The van der Waals surface area contributed by atoms with Crippen LogP contribution >= 0.6 is 0 Å². The third-order valence-electron chi connectivity index (χ3n) is 4.79. The predicted octanol–water partition coefficient (Wildman–Crippen LogP) is 2.24. The van der Waals surface area contributed by atoms with Crippen LogP contribution in [0, 0.1) is 17.8 Å². The van der Waals surface area contributed by atoms with Gasteiger partial charge in [0, 0.05) is 19.1 Å². The maximum atomic E-state index is 12.7. The maximum absolute atomic E-state index is 12.7. The van der Waals surface area contributed by atoms with Gasteiger partial charge in [0.2, 0.25) is 5.91 Å². The first-order chi connectivity index (χ1) is 9.54. The first kappa shape index (κ1) is 15.8. The van der Waals surface area contributed by atoms with Crippen LogP contribution in [0.25, 0.3) is 0 Å². The molecular formula is C16H30N2O2. The molecule has 2 heterocycles. The molecule has 0 bridgehead atoms. The SMILES string of the molecule is CCC(C)C1NC(C(C)C)N(CC2CCCOC2)C1=O. The van der Waals surface area contributed by atoms with Crippen LogP contribution in [0.5, 0.6) is 0 Å². The van der Waals surface area contributed by atoms with Gasteiger partial charge in [0.25, 0.3) is 0 Å². The minimum atomic E-state index is -0.00286. The van der Waals surface area contributed by atoms with E-state index in [1.54, 1.807) is 0 Å². The number of rotatable bonds is 5. The minimum Gasteiger partial charge on any atom is -0.381 e. The van der Waals surface area contributed by atoms with E-state index in [2.05, 4.69) is 37.9 Å². The van der Waals surface area contributed by atoms with E-state index in [9.17, 15) is 4.79 Å². The van der Waals surface area contributed by atoms with Crippen molar-refractivity contribution in [1.82, 2.24) is 10.2 Å². The van der Waals surface area contributed by atoms with E-state index in [-0.39, 0.29) is 12.2 Å². The van der Waals surface area contributed by atoms with Gasteiger partial charge in [0.15, 0.2) is 0 Å². The van der Waals surface area contributed by atoms with Gasteiger partial charge in [-0.1, -0.05) is 34.1 Å². The van der Waals surface area contributed by atoms with E-state index < -0.39 is 0 Å². The number of carbonyl (C=O) groups is 1. The van der Waals surface area contributed by atoms with Crippen molar-refractivity contribution >= 4 is 5.91 Å². The van der Waals surface area contributed by atoms with Gasteiger partial charge in [-0.15, -0.1) is 0 Å². The zero-order valence-electron chi connectivity index (χ0n) is 13.4. The number of hydrogen-bond donors (Lipinski definition) is 1. The van der Waals surface area contributed by atoms with Crippen molar-refractivity contribution in [3.05, 3.63) is 0 Å². The lowest BCUT2D eigenvalue weighted by atomic mass is 9.98. The lowest BCUT2D eigenvalue weighted by molar-refractivity contribution is -0.132. The van der Waals surface area contributed by atoms with Crippen molar-refractivity contribution in [1.29, 1.82) is 0 Å². The molecule has 4 heteroatoms. The predicted molar refractivity (Wildman–Crippen MR) is 80.3 cm³/mol. The van der Waals surface area contributed by atoms with Crippen molar-refractivity contribution in [2.75, 3.05) is 19.8 Å².